The molecule has 3 aromatic rings. The summed E-state index contributed by atoms with van der Waals surface area (Å²) in [6, 6.07) is 11.0. The van der Waals surface area contributed by atoms with E-state index in [0.29, 0.717) is 5.69 Å². The van der Waals surface area contributed by atoms with E-state index in [1.54, 1.807) is 23.6 Å². The van der Waals surface area contributed by atoms with Crippen molar-refractivity contribution in [1.82, 2.24) is 9.88 Å². The van der Waals surface area contributed by atoms with Gasteiger partial charge in [-0.25, -0.2) is 14.2 Å². The highest BCUT2D eigenvalue weighted by Gasteiger charge is 2.41. The summed E-state index contributed by atoms with van der Waals surface area (Å²) in [5.74, 6) is -2.91. The number of aromatic nitrogens is 1. The van der Waals surface area contributed by atoms with Crippen molar-refractivity contribution in [2.24, 2.45) is 0 Å². The number of fused-ring (bicyclic) bond motifs is 1. The second kappa shape index (κ2) is 8.91. The summed E-state index contributed by atoms with van der Waals surface area (Å²) in [5.41, 5.74) is 0.871. The highest BCUT2D eigenvalue weighted by atomic mass is 32.1. The number of ether oxygens (including phenoxy) is 1. The lowest BCUT2D eigenvalue weighted by molar-refractivity contribution is -0.149. The zero-order valence-electron chi connectivity index (χ0n) is 17.6. The first-order valence-corrected chi connectivity index (χ1v) is 10.8. The second-order valence-electron chi connectivity index (χ2n) is 7.24. The Balaban J connectivity index is 1.45. The predicted octanol–water partition coefficient (Wildman–Crippen LogP) is 3.69. The molecule has 168 valence electrons. The first-order valence-electron chi connectivity index (χ1n) is 9.92. The number of carbonyl (C=O) groups is 4. The largest absolute Gasteiger partial charge is 0.458 e. The van der Waals surface area contributed by atoms with Crippen molar-refractivity contribution in [3.05, 3.63) is 76.5 Å². The van der Waals surface area contributed by atoms with Gasteiger partial charge in [-0.2, -0.15) is 0 Å². The van der Waals surface area contributed by atoms with Gasteiger partial charge in [0.2, 0.25) is 5.91 Å². The maximum Gasteiger partial charge on any atom is 0.329 e. The Kier molecular flexibility index (Phi) is 6.01. The molecule has 1 aliphatic rings. The summed E-state index contributed by atoms with van der Waals surface area (Å²) in [6.07, 6.45) is 0. The van der Waals surface area contributed by atoms with Crippen molar-refractivity contribution in [1.29, 1.82) is 0 Å². The highest BCUT2D eigenvalue weighted by Crippen LogP contribution is 2.31. The van der Waals surface area contributed by atoms with Gasteiger partial charge in [-0.1, -0.05) is 24.3 Å². The fourth-order valence-corrected chi connectivity index (χ4v) is 4.30. The number of nitrogens with zero attached hydrogens (tertiary/aromatic N) is 3. The molecule has 8 nitrogen and oxygen atoms in total. The van der Waals surface area contributed by atoms with E-state index in [2.05, 4.69) is 4.98 Å². The van der Waals surface area contributed by atoms with E-state index >= 15 is 0 Å². The van der Waals surface area contributed by atoms with Gasteiger partial charge < -0.3 is 4.74 Å². The Morgan fingerprint density at radius 1 is 1.09 bits per heavy atom. The summed E-state index contributed by atoms with van der Waals surface area (Å²) in [7, 11) is 0. The average Bonchev–Trinajstić information content (AvgIpc) is 3.36. The summed E-state index contributed by atoms with van der Waals surface area (Å²) < 4.78 is 19.5. The molecular formula is C23H18FN3O5S. The van der Waals surface area contributed by atoms with Gasteiger partial charge in [0, 0.05) is 12.3 Å². The smallest absolute Gasteiger partial charge is 0.329 e. The van der Waals surface area contributed by atoms with Crippen LogP contribution in [0.3, 0.4) is 0 Å². The number of anilines is 2. The molecule has 0 saturated heterocycles. The van der Waals surface area contributed by atoms with Crippen LogP contribution in [-0.2, 0) is 20.9 Å². The van der Waals surface area contributed by atoms with E-state index in [1.165, 1.54) is 44.2 Å². The number of benzene rings is 2. The van der Waals surface area contributed by atoms with E-state index in [1.807, 2.05) is 0 Å². The molecule has 3 amide bonds. The zero-order chi connectivity index (χ0) is 23.7. The Labute approximate surface area is 192 Å². The molecule has 1 aliphatic heterocycles. The number of hydrogen-bond donors (Lipinski definition) is 0. The lowest BCUT2D eigenvalue weighted by Gasteiger charge is -2.20. The SMILES string of the molecule is CC(=O)N(c1nc(COC(=O)[C@@H](C)N2C(=O)c3ccccc3C2=O)cs1)c1ccccc1F. The Morgan fingerprint density at radius 3 is 2.30 bits per heavy atom. The summed E-state index contributed by atoms with van der Waals surface area (Å²) >= 11 is 1.08. The Morgan fingerprint density at radius 2 is 1.70 bits per heavy atom. The fraction of sp³-hybridized carbons (Fsp3) is 0.174. The average molecular weight is 467 g/mol. The standard InChI is InChI=1S/C23H18FN3O5S/c1-13(26-20(29)16-7-3-4-8-17(16)21(26)30)22(31)32-11-15-12-33-23(25-15)27(14(2)28)19-10-6-5-9-18(19)24/h3-10,12-13H,11H2,1-2H3/t13-/m1/s1. The van der Waals surface area contributed by atoms with Crippen LogP contribution in [0.2, 0.25) is 0 Å². The lowest BCUT2D eigenvalue weighted by atomic mass is 10.1. The minimum absolute atomic E-state index is 0.0575. The van der Waals surface area contributed by atoms with Gasteiger partial charge in [0.25, 0.3) is 11.8 Å². The number of esters is 1. The van der Waals surface area contributed by atoms with Crippen molar-refractivity contribution in [3.8, 4) is 0 Å². The highest BCUT2D eigenvalue weighted by molar-refractivity contribution is 7.14. The number of rotatable bonds is 6. The van der Waals surface area contributed by atoms with Crippen LogP contribution in [0.5, 0.6) is 0 Å². The molecule has 4 rings (SSSR count). The molecular weight excluding hydrogens is 449 g/mol. The number of amides is 3. The molecule has 0 unspecified atom stereocenters. The van der Waals surface area contributed by atoms with E-state index in [9.17, 15) is 23.6 Å². The van der Waals surface area contributed by atoms with Crippen LogP contribution in [0.15, 0.2) is 53.9 Å². The Hall–Kier alpha value is -3.92. The number of carbonyl (C=O) groups excluding carboxylic acids is 4. The number of hydrogen-bond acceptors (Lipinski definition) is 7. The summed E-state index contributed by atoms with van der Waals surface area (Å²) in [5, 5.41) is 1.79. The minimum Gasteiger partial charge on any atom is -0.458 e. The normalized spacial score (nSPS) is 13.6. The fourth-order valence-electron chi connectivity index (χ4n) is 3.44. The summed E-state index contributed by atoms with van der Waals surface area (Å²) in [4.78, 5) is 56.1. The second-order valence-corrected chi connectivity index (χ2v) is 8.07. The van der Waals surface area contributed by atoms with Gasteiger partial charge in [-0.3, -0.25) is 24.2 Å². The minimum atomic E-state index is -1.14. The molecule has 0 radical (unpaired) electrons. The third kappa shape index (κ3) is 4.12. The van der Waals surface area contributed by atoms with Gasteiger partial charge in [0.15, 0.2) is 5.13 Å². The number of thiazole rings is 1. The molecule has 0 bridgehead atoms. The molecule has 2 heterocycles. The van der Waals surface area contributed by atoms with Crippen LogP contribution in [0.25, 0.3) is 0 Å². The van der Waals surface area contributed by atoms with Crippen molar-refractivity contribution >= 4 is 45.8 Å². The molecule has 2 aromatic carbocycles. The molecule has 0 saturated carbocycles. The first kappa shape index (κ1) is 22.3. The number of imide groups is 1. The van der Waals surface area contributed by atoms with Crippen LogP contribution >= 0.6 is 11.3 Å². The molecule has 1 atom stereocenters. The molecule has 0 spiro atoms. The molecule has 10 heteroatoms. The van der Waals surface area contributed by atoms with Gasteiger partial charge in [-0.05, 0) is 31.2 Å². The monoisotopic (exact) mass is 467 g/mol. The van der Waals surface area contributed by atoms with Crippen molar-refractivity contribution in [2.45, 2.75) is 26.5 Å². The Bertz CT molecular complexity index is 1240. The zero-order valence-corrected chi connectivity index (χ0v) is 18.5. The molecule has 1 aromatic heterocycles. The van der Waals surface area contributed by atoms with E-state index in [0.717, 1.165) is 21.1 Å². The van der Waals surface area contributed by atoms with E-state index < -0.39 is 35.5 Å². The summed E-state index contributed by atoms with van der Waals surface area (Å²) in [6.45, 7) is 2.45. The number of halogens is 1. The van der Waals surface area contributed by atoms with E-state index in [4.69, 9.17) is 4.74 Å². The number of para-hydroxylation sites is 1. The van der Waals surface area contributed by atoms with E-state index in [-0.39, 0.29) is 28.6 Å². The molecule has 33 heavy (non-hydrogen) atoms. The van der Waals surface area contributed by atoms with Crippen LogP contribution in [0.1, 0.15) is 40.3 Å². The van der Waals surface area contributed by atoms with Crippen LogP contribution < -0.4 is 4.90 Å². The quantitative estimate of drug-likeness (QED) is 0.405. The van der Waals surface area contributed by atoms with Gasteiger partial charge >= 0.3 is 5.97 Å². The van der Waals surface area contributed by atoms with Crippen LogP contribution in [-0.4, -0.2) is 39.6 Å². The topological polar surface area (TPSA) is 96.9 Å². The van der Waals surface area contributed by atoms with Crippen LogP contribution in [0.4, 0.5) is 15.2 Å². The maximum absolute atomic E-state index is 14.2. The molecule has 0 N–H and O–H groups in total. The van der Waals surface area contributed by atoms with Gasteiger partial charge in [-0.15, -0.1) is 11.3 Å². The van der Waals surface area contributed by atoms with Crippen LogP contribution in [0, 0.1) is 5.82 Å². The third-order valence-electron chi connectivity index (χ3n) is 5.06. The van der Waals surface area contributed by atoms with Crippen molar-refractivity contribution in [2.75, 3.05) is 4.90 Å². The predicted molar refractivity (Wildman–Crippen MR) is 118 cm³/mol. The lowest BCUT2D eigenvalue weighted by Crippen LogP contribution is -2.43. The maximum atomic E-state index is 14.2. The molecule has 0 aliphatic carbocycles. The van der Waals surface area contributed by atoms with Gasteiger partial charge in [0.05, 0.1) is 22.5 Å². The van der Waals surface area contributed by atoms with Crippen molar-refractivity contribution < 1.29 is 28.3 Å². The molecule has 0 fully saturated rings. The van der Waals surface area contributed by atoms with Gasteiger partial charge in [0.1, 0.15) is 18.5 Å². The third-order valence-corrected chi connectivity index (χ3v) is 5.93. The first-order chi connectivity index (χ1) is 15.8. The van der Waals surface area contributed by atoms with Crippen molar-refractivity contribution in [3.63, 3.8) is 0 Å².